The molecule has 156 valence electrons. The minimum absolute atomic E-state index is 0.0124. The number of carbonyl (C=O) groups excluding carboxylic acids is 1. The Bertz CT molecular complexity index is 930. The number of nitro groups is 1. The van der Waals surface area contributed by atoms with Crippen LogP contribution in [0.2, 0.25) is 10.0 Å². The van der Waals surface area contributed by atoms with Crippen LogP contribution in [0.3, 0.4) is 0 Å². The number of hydrogen-bond donors (Lipinski definition) is 0. The number of halogens is 5. The first-order valence-electron chi connectivity index (χ1n) is 7.64. The predicted octanol–water partition coefficient (Wildman–Crippen LogP) is 5.35. The molecule has 0 aromatic heterocycles. The molecule has 2 aromatic carbocycles. The molecule has 2 aromatic rings. The lowest BCUT2D eigenvalue weighted by atomic mass is 10.2. The number of alkyl halides is 3. The van der Waals surface area contributed by atoms with Crippen LogP contribution in [0, 0.1) is 10.1 Å². The maximum Gasteiger partial charge on any atom is 0.458 e. The lowest BCUT2D eigenvalue weighted by molar-refractivity contribution is -0.593. The molecule has 1 atom stereocenters. The first-order chi connectivity index (χ1) is 13.4. The van der Waals surface area contributed by atoms with E-state index in [0.29, 0.717) is 12.1 Å². The summed E-state index contributed by atoms with van der Waals surface area (Å²) in [6.07, 6.45) is -4.65. The molecule has 0 aliphatic carbocycles. The Hall–Kier alpha value is -2.72. The van der Waals surface area contributed by atoms with Gasteiger partial charge in [0.1, 0.15) is 11.5 Å². The van der Waals surface area contributed by atoms with Gasteiger partial charge >= 0.3 is 17.9 Å². The van der Waals surface area contributed by atoms with Crippen molar-refractivity contribution in [3.63, 3.8) is 0 Å². The van der Waals surface area contributed by atoms with E-state index in [1.54, 1.807) is 0 Å². The molecule has 0 saturated heterocycles. The Morgan fingerprint density at radius 2 is 1.66 bits per heavy atom. The number of ether oxygens (including phenoxy) is 3. The SMILES string of the molecule is COC(=O)C(C)(Oc1cccc(Oc2c(Cl)cc(C(F)(F)F)cc2Cl)c1)[N+](=O)[O-]. The molecule has 29 heavy (non-hydrogen) atoms. The Labute approximate surface area is 172 Å². The standard InChI is InChI=1S/C17H12Cl2F3NO6/c1-16(23(25)26,15(24)27-2)29-11-5-3-4-10(8-11)28-14-12(18)6-9(7-13(14)19)17(20,21)22/h3-8H,1-2H3. The zero-order valence-electron chi connectivity index (χ0n) is 14.8. The molecule has 7 nitrogen and oxygen atoms in total. The summed E-state index contributed by atoms with van der Waals surface area (Å²) in [7, 11) is 0.960. The highest BCUT2D eigenvalue weighted by molar-refractivity contribution is 6.37. The highest BCUT2D eigenvalue weighted by Gasteiger charge is 2.50. The van der Waals surface area contributed by atoms with Crippen molar-refractivity contribution in [1.82, 2.24) is 0 Å². The Morgan fingerprint density at radius 1 is 1.10 bits per heavy atom. The molecule has 12 heteroatoms. The third-order valence-electron chi connectivity index (χ3n) is 3.58. The van der Waals surface area contributed by atoms with Crippen LogP contribution in [0.25, 0.3) is 0 Å². The highest BCUT2D eigenvalue weighted by atomic mass is 35.5. The van der Waals surface area contributed by atoms with Crippen molar-refractivity contribution in [2.45, 2.75) is 18.8 Å². The van der Waals surface area contributed by atoms with Gasteiger partial charge in [0.15, 0.2) is 5.75 Å². The lowest BCUT2D eigenvalue weighted by Crippen LogP contribution is -2.49. The Balaban J connectivity index is 2.34. The van der Waals surface area contributed by atoms with E-state index >= 15 is 0 Å². The van der Waals surface area contributed by atoms with Gasteiger partial charge in [-0.2, -0.15) is 13.2 Å². The van der Waals surface area contributed by atoms with Crippen molar-refractivity contribution in [1.29, 1.82) is 0 Å². The third kappa shape index (κ3) is 5.01. The van der Waals surface area contributed by atoms with E-state index in [-0.39, 0.29) is 17.2 Å². The first-order valence-corrected chi connectivity index (χ1v) is 8.40. The summed E-state index contributed by atoms with van der Waals surface area (Å²) in [5, 5.41) is 10.4. The molecular formula is C17H12Cl2F3NO6. The molecule has 0 radical (unpaired) electrons. The van der Waals surface area contributed by atoms with Crippen molar-refractivity contribution in [3.05, 3.63) is 62.1 Å². The number of carbonyl (C=O) groups is 1. The zero-order chi connectivity index (χ0) is 22.0. The maximum absolute atomic E-state index is 12.8. The maximum atomic E-state index is 12.8. The van der Waals surface area contributed by atoms with Gasteiger partial charge in [0.2, 0.25) is 0 Å². The van der Waals surface area contributed by atoms with Gasteiger partial charge in [0, 0.05) is 6.07 Å². The van der Waals surface area contributed by atoms with Gasteiger partial charge in [-0.15, -0.1) is 0 Å². The number of benzene rings is 2. The number of methoxy groups -OCH3 is 1. The average molecular weight is 454 g/mol. The van der Waals surface area contributed by atoms with Gasteiger partial charge in [0.05, 0.1) is 34.6 Å². The van der Waals surface area contributed by atoms with Gasteiger partial charge in [-0.25, -0.2) is 4.79 Å². The van der Waals surface area contributed by atoms with E-state index in [1.165, 1.54) is 18.2 Å². The van der Waals surface area contributed by atoms with Gasteiger partial charge in [-0.05, 0) is 24.3 Å². The molecule has 0 amide bonds. The van der Waals surface area contributed by atoms with Crippen LogP contribution < -0.4 is 9.47 Å². The van der Waals surface area contributed by atoms with Crippen LogP contribution in [0.1, 0.15) is 12.5 Å². The van der Waals surface area contributed by atoms with E-state index < -0.39 is 38.4 Å². The monoisotopic (exact) mass is 453 g/mol. The molecule has 0 heterocycles. The van der Waals surface area contributed by atoms with Crippen molar-refractivity contribution in [3.8, 4) is 17.2 Å². The smallest absolute Gasteiger partial charge is 0.458 e. The number of esters is 1. The van der Waals surface area contributed by atoms with Crippen molar-refractivity contribution >= 4 is 29.2 Å². The second-order valence-corrected chi connectivity index (χ2v) is 6.49. The van der Waals surface area contributed by atoms with Gasteiger partial charge in [-0.1, -0.05) is 29.3 Å². The fraction of sp³-hybridized carbons (Fsp3) is 0.235. The molecule has 0 bridgehead atoms. The molecule has 1 unspecified atom stereocenters. The summed E-state index contributed by atoms with van der Waals surface area (Å²) in [4.78, 5) is 22.0. The van der Waals surface area contributed by atoms with Gasteiger partial charge in [0.25, 0.3) is 0 Å². The average Bonchev–Trinajstić information content (AvgIpc) is 2.63. The summed E-state index contributed by atoms with van der Waals surface area (Å²) >= 11 is 11.7. The predicted molar refractivity (Wildman–Crippen MR) is 96.0 cm³/mol. The van der Waals surface area contributed by atoms with Crippen molar-refractivity contribution in [2.24, 2.45) is 0 Å². The van der Waals surface area contributed by atoms with Crippen LogP contribution in [0.15, 0.2) is 36.4 Å². The van der Waals surface area contributed by atoms with Gasteiger partial charge in [-0.3, -0.25) is 10.1 Å². The van der Waals surface area contributed by atoms with Crippen molar-refractivity contribution < 1.29 is 37.1 Å². The van der Waals surface area contributed by atoms with E-state index in [2.05, 4.69) is 4.74 Å². The molecule has 0 fully saturated rings. The summed E-state index contributed by atoms with van der Waals surface area (Å²) in [6.45, 7) is 0.899. The molecule has 0 aliphatic rings. The van der Waals surface area contributed by atoms with E-state index in [1.807, 2.05) is 0 Å². The highest BCUT2D eigenvalue weighted by Crippen LogP contribution is 2.42. The summed E-state index contributed by atoms with van der Waals surface area (Å²) in [5.41, 5.74) is -3.59. The topological polar surface area (TPSA) is 87.9 Å². The third-order valence-corrected chi connectivity index (χ3v) is 4.14. The van der Waals surface area contributed by atoms with Gasteiger partial charge < -0.3 is 14.2 Å². The number of rotatable bonds is 6. The van der Waals surface area contributed by atoms with Crippen molar-refractivity contribution in [2.75, 3.05) is 7.11 Å². The minimum atomic E-state index is -4.65. The van der Waals surface area contributed by atoms with Crippen LogP contribution >= 0.6 is 23.2 Å². The molecule has 0 aliphatic heterocycles. The number of hydrogen-bond acceptors (Lipinski definition) is 6. The second kappa shape index (κ2) is 8.34. The quantitative estimate of drug-likeness (QED) is 0.253. The molecule has 0 N–H and O–H groups in total. The Kier molecular flexibility index (Phi) is 6.49. The van der Waals surface area contributed by atoms with Crippen LogP contribution in [0.5, 0.6) is 17.2 Å². The van der Waals surface area contributed by atoms with E-state index in [9.17, 15) is 28.1 Å². The van der Waals surface area contributed by atoms with Crippen LogP contribution in [0.4, 0.5) is 13.2 Å². The summed E-state index contributed by atoms with van der Waals surface area (Å²) in [5.74, 6) is -1.67. The van der Waals surface area contributed by atoms with E-state index in [0.717, 1.165) is 20.1 Å². The minimum Gasteiger partial charge on any atom is -0.461 e. The van der Waals surface area contributed by atoms with Crippen LogP contribution in [-0.2, 0) is 15.7 Å². The zero-order valence-corrected chi connectivity index (χ0v) is 16.3. The molecule has 0 saturated carbocycles. The molecule has 2 rings (SSSR count). The Morgan fingerprint density at radius 3 is 2.14 bits per heavy atom. The molecule has 0 spiro atoms. The van der Waals surface area contributed by atoms with Crippen LogP contribution in [-0.4, -0.2) is 23.7 Å². The normalized spacial score (nSPS) is 13.3. The molecular weight excluding hydrogens is 442 g/mol. The number of nitrogens with zero attached hydrogens (tertiary/aromatic N) is 1. The van der Waals surface area contributed by atoms with E-state index in [4.69, 9.17) is 32.7 Å². The summed E-state index contributed by atoms with van der Waals surface area (Å²) < 4.78 is 53.4. The lowest BCUT2D eigenvalue weighted by Gasteiger charge is -2.20. The fourth-order valence-corrected chi connectivity index (χ4v) is 2.68. The summed E-state index contributed by atoms with van der Waals surface area (Å²) in [6, 6.07) is 6.49. The largest absolute Gasteiger partial charge is 0.461 e. The first kappa shape index (κ1) is 22.6. The second-order valence-electron chi connectivity index (χ2n) is 5.68. The fourth-order valence-electron chi connectivity index (χ4n) is 2.11.